The van der Waals surface area contributed by atoms with Gasteiger partial charge in [0.05, 0.1) is 11.7 Å². The largest absolute Gasteiger partial charge is 0.281 e. The van der Waals surface area contributed by atoms with Crippen LogP contribution in [0.15, 0.2) is 36.9 Å². The molecule has 0 saturated carbocycles. The topological polar surface area (TPSA) is 14.1 Å². The molecule has 0 spiro atoms. The molecular formula is C11H12N. The minimum absolute atomic E-state index is 0.444. The Balaban J connectivity index is 2.16. The second kappa shape index (κ2) is 3.02. The van der Waals surface area contributed by atoms with Gasteiger partial charge in [-0.05, 0) is 24.5 Å². The lowest BCUT2D eigenvalue weighted by Crippen LogP contribution is -2.12. The Kier molecular flexibility index (Phi) is 1.86. The molecule has 0 bridgehead atoms. The van der Waals surface area contributed by atoms with Crippen molar-refractivity contribution in [3.8, 4) is 0 Å². The lowest BCUT2D eigenvalue weighted by atomic mass is 10.1. The smallest absolute Gasteiger partial charge is 0.0610 e. The van der Waals surface area contributed by atoms with E-state index in [0.29, 0.717) is 6.04 Å². The van der Waals surface area contributed by atoms with Crippen molar-refractivity contribution < 1.29 is 0 Å². The Labute approximate surface area is 73.1 Å². The second-order valence-electron chi connectivity index (χ2n) is 3.14. The van der Waals surface area contributed by atoms with Gasteiger partial charge in [-0.3, -0.25) is 5.32 Å². The third-order valence-corrected chi connectivity index (χ3v) is 2.21. The highest BCUT2D eigenvalue weighted by Gasteiger charge is 2.19. The minimum atomic E-state index is 0.444. The summed E-state index contributed by atoms with van der Waals surface area (Å²) < 4.78 is 0. The average molecular weight is 158 g/mol. The van der Waals surface area contributed by atoms with E-state index in [0.717, 1.165) is 12.8 Å². The molecule has 1 heterocycles. The third-order valence-electron chi connectivity index (χ3n) is 2.21. The molecule has 0 fully saturated rings. The molecule has 1 atom stereocenters. The van der Waals surface area contributed by atoms with Gasteiger partial charge in [-0.25, -0.2) is 0 Å². The summed E-state index contributed by atoms with van der Waals surface area (Å²) in [5, 5.41) is 4.57. The van der Waals surface area contributed by atoms with Gasteiger partial charge in [0.2, 0.25) is 0 Å². The van der Waals surface area contributed by atoms with Gasteiger partial charge in [0.15, 0.2) is 0 Å². The number of nitrogens with zero attached hydrogens (tertiary/aromatic N) is 1. The molecule has 1 aliphatic rings. The van der Waals surface area contributed by atoms with E-state index in [9.17, 15) is 0 Å². The molecule has 0 aromatic heterocycles. The highest BCUT2D eigenvalue weighted by Crippen LogP contribution is 2.26. The van der Waals surface area contributed by atoms with E-state index in [-0.39, 0.29) is 0 Å². The number of para-hydroxylation sites is 1. The van der Waals surface area contributed by atoms with Crippen LogP contribution in [-0.2, 0) is 6.42 Å². The predicted molar refractivity (Wildman–Crippen MR) is 50.5 cm³/mol. The van der Waals surface area contributed by atoms with Crippen molar-refractivity contribution in [2.75, 3.05) is 0 Å². The summed E-state index contributed by atoms with van der Waals surface area (Å²) in [4.78, 5) is 0. The van der Waals surface area contributed by atoms with E-state index >= 15 is 0 Å². The first kappa shape index (κ1) is 7.41. The first-order valence-corrected chi connectivity index (χ1v) is 4.30. The maximum absolute atomic E-state index is 4.57. The summed E-state index contributed by atoms with van der Waals surface area (Å²) >= 11 is 0. The molecule has 0 saturated heterocycles. The van der Waals surface area contributed by atoms with Crippen LogP contribution in [0.1, 0.15) is 12.0 Å². The van der Waals surface area contributed by atoms with Crippen LogP contribution in [0.4, 0.5) is 5.69 Å². The number of hydrogen-bond acceptors (Lipinski definition) is 0. The van der Waals surface area contributed by atoms with Crippen molar-refractivity contribution in [3.05, 3.63) is 42.5 Å². The van der Waals surface area contributed by atoms with E-state index in [4.69, 9.17) is 0 Å². The summed E-state index contributed by atoms with van der Waals surface area (Å²) in [7, 11) is 0. The van der Waals surface area contributed by atoms with Crippen LogP contribution < -0.4 is 5.32 Å². The fourth-order valence-electron chi connectivity index (χ4n) is 1.63. The minimum Gasteiger partial charge on any atom is -0.281 e. The third kappa shape index (κ3) is 1.22. The maximum Gasteiger partial charge on any atom is 0.0610 e. The van der Waals surface area contributed by atoms with Gasteiger partial charge < -0.3 is 0 Å². The Morgan fingerprint density at radius 2 is 2.33 bits per heavy atom. The Bertz CT molecular complexity index is 266. The number of fused-ring (bicyclic) bond motifs is 1. The molecule has 1 aromatic carbocycles. The van der Waals surface area contributed by atoms with E-state index in [1.807, 2.05) is 12.1 Å². The van der Waals surface area contributed by atoms with Crippen molar-refractivity contribution in [2.45, 2.75) is 18.9 Å². The van der Waals surface area contributed by atoms with E-state index < -0.39 is 0 Å². The van der Waals surface area contributed by atoms with Crippen molar-refractivity contribution in [3.63, 3.8) is 0 Å². The molecule has 61 valence electrons. The van der Waals surface area contributed by atoms with Crippen LogP contribution in [0.25, 0.3) is 0 Å². The zero-order valence-corrected chi connectivity index (χ0v) is 7.03. The second-order valence-corrected chi connectivity index (χ2v) is 3.14. The molecule has 12 heavy (non-hydrogen) atoms. The molecule has 0 aliphatic carbocycles. The number of hydrogen-bond donors (Lipinski definition) is 0. The molecule has 1 aromatic rings. The summed E-state index contributed by atoms with van der Waals surface area (Å²) in [6.45, 7) is 3.73. The van der Waals surface area contributed by atoms with Gasteiger partial charge in [0.25, 0.3) is 0 Å². The van der Waals surface area contributed by atoms with Gasteiger partial charge in [-0.1, -0.05) is 24.3 Å². The number of rotatable bonds is 2. The quantitative estimate of drug-likeness (QED) is 0.587. The van der Waals surface area contributed by atoms with E-state index in [2.05, 4.69) is 30.1 Å². The first-order chi connectivity index (χ1) is 5.90. The Morgan fingerprint density at radius 1 is 1.50 bits per heavy atom. The van der Waals surface area contributed by atoms with Crippen molar-refractivity contribution in [2.24, 2.45) is 0 Å². The van der Waals surface area contributed by atoms with E-state index in [1.165, 1.54) is 11.3 Å². The van der Waals surface area contributed by atoms with Crippen LogP contribution >= 0.6 is 0 Å². The van der Waals surface area contributed by atoms with Gasteiger partial charge in [0, 0.05) is 0 Å². The van der Waals surface area contributed by atoms with Gasteiger partial charge in [0.1, 0.15) is 0 Å². The van der Waals surface area contributed by atoms with Crippen molar-refractivity contribution in [1.82, 2.24) is 5.32 Å². The maximum atomic E-state index is 4.57. The van der Waals surface area contributed by atoms with E-state index in [1.54, 1.807) is 0 Å². The van der Waals surface area contributed by atoms with Gasteiger partial charge >= 0.3 is 0 Å². The fourth-order valence-corrected chi connectivity index (χ4v) is 1.63. The summed E-state index contributed by atoms with van der Waals surface area (Å²) in [6, 6.07) is 8.80. The number of benzene rings is 1. The molecule has 0 N–H and O–H groups in total. The van der Waals surface area contributed by atoms with Crippen LogP contribution in [-0.4, -0.2) is 6.04 Å². The molecule has 2 rings (SSSR count). The zero-order chi connectivity index (χ0) is 8.39. The van der Waals surface area contributed by atoms with Crippen molar-refractivity contribution in [1.29, 1.82) is 0 Å². The lowest BCUT2D eigenvalue weighted by molar-refractivity contribution is 0.631. The average Bonchev–Trinajstić information content (AvgIpc) is 2.47. The highest BCUT2D eigenvalue weighted by molar-refractivity contribution is 5.49. The lowest BCUT2D eigenvalue weighted by Gasteiger charge is -2.02. The molecule has 1 heteroatoms. The van der Waals surface area contributed by atoms with Crippen LogP contribution in [0, 0.1) is 0 Å². The first-order valence-electron chi connectivity index (χ1n) is 4.30. The van der Waals surface area contributed by atoms with Crippen LogP contribution in [0.2, 0.25) is 0 Å². The molecule has 1 aliphatic heterocycles. The monoisotopic (exact) mass is 158 g/mol. The Hall–Kier alpha value is -1.24. The highest BCUT2D eigenvalue weighted by atomic mass is 14.9. The van der Waals surface area contributed by atoms with Crippen molar-refractivity contribution >= 4 is 5.69 Å². The standard InChI is InChI=1S/C11H12N/c1-2-5-10-8-9-6-3-4-7-11(9)12-10/h2-4,6-7,10H,1,5,8H2. The van der Waals surface area contributed by atoms with Gasteiger partial charge in [-0.2, -0.15) is 0 Å². The summed E-state index contributed by atoms with van der Waals surface area (Å²) in [5.41, 5.74) is 2.55. The SMILES string of the molecule is C=CCC1Cc2ccccc2[N]1. The summed E-state index contributed by atoms with van der Waals surface area (Å²) in [6.07, 6.45) is 4.02. The predicted octanol–water partition coefficient (Wildman–Crippen LogP) is 2.42. The molecule has 1 nitrogen and oxygen atoms in total. The molecule has 0 amide bonds. The van der Waals surface area contributed by atoms with Crippen LogP contribution in [0.3, 0.4) is 0 Å². The molecule has 1 radical (unpaired) electrons. The summed E-state index contributed by atoms with van der Waals surface area (Å²) in [5.74, 6) is 0. The Morgan fingerprint density at radius 3 is 3.08 bits per heavy atom. The molecule has 1 unspecified atom stereocenters. The zero-order valence-electron chi connectivity index (χ0n) is 7.03. The normalized spacial score (nSPS) is 19.8. The van der Waals surface area contributed by atoms with Gasteiger partial charge in [-0.15, -0.1) is 6.58 Å². The van der Waals surface area contributed by atoms with Crippen LogP contribution in [0.5, 0.6) is 0 Å². The fraction of sp³-hybridized carbons (Fsp3) is 0.273. The molecular weight excluding hydrogens is 146 g/mol.